The summed E-state index contributed by atoms with van der Waals surface area (Å²) in [5, 5.41) is 7.71. The second-order valence-electron chi connectivity index (χ2n) is 7.27. The van der Waals surface area contributed by atoms with Gasteiger partial charge in [-0.2, -0.15) is 0 Å². The minimum atomic E-state index is -0.286. The molecule has 0 bridgehead atoms. The van der Waals surface area contributed by atoms with Gasteiger partial charge in [0.05, 0.1) is 6.04 Å². The van der Waals surface area contributed by atoms with Crippen molar-refractivity contribution >= 4 is 17.4 Å². The minimum Gasteiger partial charge on any atom is -0.346 e. The number of nitrogens with zero attached hydrogens (tertiary/aromatic N) is 5. The summed E-state index contributed by atoms with van der Waals surface area (Å²) in [7, 11) is 0. The SMILES string of the molecule is O=C(NC1C[C@H](c2cccc(F)c2)N(c2ccc3nccn3n2)C1)c1ccccn1.[HH]. The van der Waals surface area contributed by atoms with Crippen LogP contribution in [0, 0.1) is 5.82 Å². The van der Waals surface area contributed by atoms with Crippen molar-refractivity contribution in [2.24, 2.45) is 0 Å². The Kier molecular flexibility index (Phi) is 4.59. The van der Waals surface area contributed by atoms with E-state index in [4.69, 9.17) is 0 Å². The van der Waals surface area contributed by atoms with Crippen molar-refractivity contribution < 1.29 is 10.6 Å². The molecule has 1 aromatic carbocycles. The Balaban J connectivity index is 0.00000231. The first-order valence-electron chi connectivity index (χ1n) is 9.72. The number of hydrogen-bond acceptors (Lipinski definition) is 5. The number of carbonyl (C=O) groups excluding carboxylic acids is 1. The first-order chi connectivity index (χ1) is 14.7. The zero-order valence-corrected chi connectivity index (χ0v) is 16.0. The maximum absolute atomic E-state index is 13.9. The van der Waals surface area contributed by atoms with E-state index < -0.39 is 0 Å². The summed E-state index contributed by atoms with van der Waals surface area (Å²) >= 11 is 0. The van der Waals surface area contributed by atoms with Crippen LogP contribution in [0.25, 0.3) is 5.65 Å². The Morgan fingerprint density at radius 3 is 2.87 bits per heavy atom. The second kappa shape index (κ2) is 7.55. The van der Waals surface area contributed by atoms with Crippen molar-refractivity contribution in [3.63, 3.8) is 0 Å². The normalized spacial score (nSPS) is 18.6. The molecule has 5 rings (SSSR count). The molecule has 7 nitrogen and oxygen atoms in total. The van der Waals surface area contributed by atoms with Crippen LogP contribution in [0.4, 0.5) is 10.2 Å². The summed E-state index contributed by atoms with van der Waals surface area (Å²) in [5.41, 5.74) is 1.97. The van der Waals surface area contributed by atoms with Gasteiger partial charge >= 0.3 is 0 Å². The highest BCUT2D eigenvalue weighted by Crippen LogP contribution is 2.35. The van der Waals surface area contributed by atoms with Crippen LogP contribution in [0.5, 0.6) is 0 Å². The second-order valence-corrected chi connectivity index (χ2v) is 7.27. The number of carbonyl (C=O) groups is 1. The van der Waals surface area contributed by atoms with Crippen LogP contribution < -0.4 is 10.2 Å². The molecular weight excluding hydrogens is 383 g/mol. The molecule has 30 heavy (non-hydrogen) atoms. The Labute approximate surface area is 173 Å². The number of imidazole rings is 1. The van der Waals surface area contributed by atoms with Gasteiger partial charge in [-0.25, -0.2) is 13.9 Å². The summed E-state index contributed by atoms with van der Waals surface area (Å²) in [6.45, 7) is 0.549. The van der Waals surface area contributed by atoms with Gasteiger partial charge in [-0.05, 0) is 48.4 Å². The average molecular weight is 404 g/mol. The number of anilines is 1. The zero-order valence-electron chi connectivity index (χ0n) is 16.0. The van der Waals surface area contributed by atoms with E-state index in [9.17, 15) is 9.18 Å². The van der Waals surface area contributed by atoms with Gasteiger partial charge in [0.15, 0.2) is 5.65 Å². The lowest BCUT2D eigenvalue weighted by atomic mass is 10.0. The number of halogens is 1. The molecule has 1 amide bonds. The maximum atomic E-state index is 13.9. The Hall–Kier alpha value is -3.81. The smallest absolute Gasteiger partial charge is 0.270 e. The van der Waals surface area contributed by atoms with E-state index in [1.165, 1.54) is 12.1 Å². The predicted octanol–water partition coefficient (Wildman–Crippen LogP) is 3.26. The number of rotatable bonds is 4. The molecule has 0 spiro atoms. The van der Waals surface area contributed by atoms with Crippen LogP contribution in [0.3, 0.4) is 0 Å². The van der Waals surface area contributed by atoms with E-state index in [1.807, 2.05) is 18.2 Å². The minimum absolute atomic E-state index is 0. The van der Waals surface area contributed by atoms with Crippen LogP contribution >= 0.6 is 0 Å². The topological polar surface area (TPSA) is 75.4 Å². The maximum Gasteiger partial charge on any atom is 0.270 e. The van der Waals surface area contributed by atoms with Crippen LogP contribution in [-0.2, 0) is 0 Å². The Bertz CT molecular complexity index is 1200. The molecule has 1 N–H and O–H groups in total. The van der Waals surface area contributed by atoms with Gasteiger partial charge in [0.2, 0.25) is 0 Å². The molecule has 3 aromatic heterocycles. The predicted molar refractivity (Wildman–Crippen MR) is 112 cm³/mol. The third kappa shape index (κ3) is 3.47. The molecule has 2 atom stereocenters. The van der Waals surface area contributed by atoms with Crippen molar-refractivity contribution in [2.45, 2.75) is 18.5 Å². The first kappa shape index (κ1) is 18.2. The van der Waals surface area contributed by atoms with Crippen LogP contribution in [0.1, 0.15) is 29.9 Å². The van der Waals surface area contributed by atoms with Crippen LogP contribution in [-0.4, -0.2) is 38.1 Å². The van der Waals surface area contributed by atoms with Crippen molar-refractivity contribution in [1.82, 2.24) is 24.9 Å². The number of nitrogens with one attached hydrogen (secondary N) is 1. The highest BCUT2D eigenvalue weighted by Gasteiger charge is 2.35. The third-order valence-electron chi connectivity index (χ3n) is 5.30. The fourth-order valence-corrected chi connectivity index (χ4v) is 3.94. The third-order valence-corrected chi connectivity index (χ3v) is 5.30. The van der Waals surface area contributed by atoms with Gasteiger partial charge in [-0.1, -0.05) is 18.2 Å². The van der Waals surface area contributed by atoms with Crippen molar-refractivity contribution in [1.29, 1.82) is 0 Å². The van der Waals surface area contributed by atoms with E-state index in [0.29, 0.717) is 18.7 Å². The molecule has 1 saturated heterocycles. The van der Waals surface area contributed by atoms with Crippen molar-refractivity contribution in [2.75, 3.05) is 11.4 Å². The molecule has 1 unspecified atom stereocenters. The van der Waals surface area contributed by atoms with Gasteiger partial charge < -0.3 is 10.2 Å². The van der Waals surface area contributed by atoms with E-state index in [-0.39, 0.29) is 25.2 Å². The lowest BCUT2D eigenvalue weighted by Gasteiger charge is -2.25. The molecule has 0 radical (unpaired) electrons. The first-order valence-corrected chi connectivity index (χ1v) is 9.72. The summed E-state index contributed by atoms with van der Waals surface area (Å²) in [6.07, 6.45) is 5.70. The number of aromatic nitrogens is 4. The highest BCUT2D eigenvalue weighted by molar-refractivity contribution is 5.92. The monoisotopic (exact) mass is 404 g/mol. The number of hydrogen-bond donors (Lipinski definition) is 1. The van der Waals surface area contributed by atoms with Crippen molar-refractivity contribution in [3.05, 3.63) is 90.3 Å². The molecule has 4 heterocycles. The van der Waals surface area contributed by atoms with Gasteiger partial charge in [0.25, 0.3) is 5.91 Å². The van der Waals surface area contributed by atoms with Gasteiger partial charge in [0, 0.05) is 32.6 Å². The molecule has 8 heteroatoms. The number of pyridine rings is 1. The zero-order chi connectivity index (χ0) is 20.5. The average Bonchev–Trinajstić information content (AvgIpc) is 3.40. The summed E-state index contributed by atoms with van der Waals surface area (Å²) in [4.78, 5) is 23.0. The van der Waals surface area contributed by atoms with E-state index >= 15 is 0 Å². The van der Waals surface area contributed by atoms with Crippen LogP contribution in [0.15, 0.2) is 73.2 Å². The quantitative estimate of drug-likeness (QED) is 0.565. The number of amides is 1. The molecule has 1 fully saturated rings. The van der Waals surface area contributed by atoms with Gasteiger partial charge in [0.1, 0.15) is 17.3 Å². The molecule has 0 saturated carbocycles. The molecule has 1 aliphatic heterocycles. The molecule has 0 aliphatic carbocycles. The Morgan fingerprint density at radius 2 is 2.03 bits per heavy atom. The highest BCUT2D eigenvalue weighted by atomic mass is 19.1. The summed E-state index contributed by atoms with van der Waals surface area (Å²) in [5.74, 6) is 0.231. The molecule has 4 aromatic rings. The Morgan fingerprint density at radius 1 is 1.10 bits per heavy atom. The van der Waals surface area contributed by atoms with Crippen LogP contribution in [0.2, 0.25) is 0 Å². The number of benzene rings is 1. The molecular formula is C22H21FN6O. The largest absolute Gasteiger partial charge is 0.346 e. The van der Waals surface area contributed by atoms with Gasteiger partial charge in [-0.15, -0.1) is 5.10 Å². The van der Waals surface area contributed by atoms with Crippen molar-refractivity contribution in [3.8, 4) is 0 Å². The summed E-state index contributed by atoms with van der Waals surface area (Å²) in [6, 6.07) is 15.3. The lowest BCUT2D eigenvalue weighted by molar-refractivity contribution is 0.0935. The van der Waals surface area contributed by atoms with Gasteiger partial charge in [-0.3, -0.25) is 9.78 Å². The number of fused-ring (bicyclic) bond motifs is 1. The molecule has 152 valence electrons. The van der Waals surface area contributed by atoms with E-state index in [2.05, 4.69) is 25.3 Å². The fraction of sp³-hybridized carbons (Fsp3) is 0.182. The standard InChI is InChI=1S/C22H19FN6O.H2/c23-16-5-3-4-15(12-16)19-13-17(26-22(30)18-6-1-2-9-24-18)14-28(19)21-8-7-20-25-10-11-29(20)27-21;/h1-12,17,19H,13-14H2,(H,26,30);1H/t17?,19-;/m1./s1. The summed E-state index contributed by atoms with van der Waals surface area (Å²) < 4.78 is 15.6. The van der Waals surface area contributed by atoms with E-state index in [0.717, 1.165) is 17.0 Å². The fourth-order valence-electron chi connectivity index (χ4n) is 3.94. The lowest BCUT2D eigenvalue weighted by Crippen LogP contribution is -2.37. The molecule has 1 aliphatic rings. The van der Waals surface area contributed by atoms with E-state index in [1.54, 1.807) is 47.4 Å².